The first kappa shape index (κ1) is 15.8. The molecule has 0 aliphatic heterocycles. The highest BCUT2D eigenvalue weighted by Crippen LogP contribution is 2.19. The first-order chi connectivity index (χ1) is 10.5. The number of benzene rings is 1. The van der Waals surface area contributed by atoms with Gasteiger partial charge in [0, 0.05) is 25.2 Å². The Kier molecular flexibility index (Phi) is 4.99. The van der Waals surface area contributed by atoms with Crippen LogP contribution in [0.4, 0.5) is 0 Å². The van der Waals surface area contributed by atoms with Crippen LogP contribution in [0.25, 0.3) is 0 Å². The summed E-state index contributed by atoms with van der Waals surface area (Å²) in [5, 5.41) is 0. The number of carbonyl (C=O) groups excluding carboxylic acids is 1. The van der Waals surface area contributed by atoms with Crippen molar-refractivity contribution in [1.29, 1.82) is 0 Å². The third-order valence-corrected chi connectivity index (χ3v) is 3.47. The van der Waals surface area contributed by atoms with Gasteiger partial charge in [-0.1, -0.05) is 19.1 Å². The highest BCUT2D eigenvalue weighted by atomic mass is 16.5. The summed E-state index contributed by atoms with van der Waals surface area (Å²) in [6.07, 6.45) is 1.47. The lowest BCUT2D eigenvalue weighted by atomic mass is 10.0. The zero-order valence-electron chi connectivity index (χ0n) is 12.9. The van der Waals surface area contributed by atoms with Gasteiger partial charge in [-0.25, -0.2) is 4.79 Å². The summed E-state index contributed by atoms with van der Waals surface area (Å²) in [5.41, 5.74) is 1.27. The van der Waals surface area contributed by atoms with Crippen molar-refractivity contribution in [2.75, 3.05) is 13.7 Å². The minimum Gasteiger partial charge on any atom is -0.497 e. The van der Waals surface area contributed by atoms with Crippen molar-refractivity contribution in [3.63, 3.8) is 0 Å². The summed E-state index contributed by atoms with van der Waals surface area (Å²) in [7, 11) is 3.21. The summed E-state index contributed by atoms with van der Waals surface area (Å²) in [6, 6.07) is 10.5. The van der Waals surface area contributed by atoms with Gasteiger partial charge >= 0.3 is 5.97 Å². The minimum atomic E-state index is -0.434. The normalized spacial score (nSPS) is 11.8. The van der Waals surface area contributed by atoms with Crippen LogP contribution >= 0.6 is 0 Å². The quantitative estimate of drug-likeness (QED) is 0.796. The van der Waals surface area contributed by atoms with Crippen LogP contribution in [-0.2, 0) is 11.8 Å². The third kappa shape index (κ3) is 3.75. The first-order valence-electron chi connectivity index (χ1n) is 6.99. The van der Waals surface area contributed by atoms with E-state index in [1.54, 1.807) is 14.2 Å². The number of carbonyl (C=O) groups is 1. The lowest BCUT2D eigenvalue weighted by molar-refractivity contribution is 0.0484. The van der Waals surface area contributed by atoms with E-state index in [0.717, 1.165) is 11.3 Å². The molecular weight excluding hydrogens is 282 g/mol. The molecule has 0 aliphatic carbocycles. The Morgan fingerprint density at radius 3 is 2.45 bits per heavy atom. The van der Waals surface area contributed by atoms with Crippen LogP contribution < -0.4 is 10.3 Å². The number of methoxy groups -OCH3 is 1. The zero-order valence-corrected chi connectivity index (χ0v) is 12.9. The van der Waals surface area contributed by atoms with E-state index < -0.39 is 5.97 Å². The third-order valence-electron chi connectivity index (χ3n) is 3.47. The molecule has 2 aromatic rings. The lowest BCUT2D eigenvalue weighted by Gasteiger charge is -2.13. The maximum Gasteiger partial charge on any atom is 0.339 e. The molecule has 0 fully saturated rings. The summed E-state index contributed by atoms with van der Waals surface area (Å²) in [6.45, 7) is 2.25. The number of aryl methyl sites for hydroxylation is 1. The predicted molar refractivity (Wildman–Crippen MR) is 83.4 cm³/mol. The van der Waals surface area contributed by atoms with Crippen molar-refractivity contribution in [2.45, 2.75) is 12.8 Å². The van der Waals surface area contributed by atoms with Gasteiger partial charge in [-0.05, 0) is 23.8 Å². The van der Waals surface area contributed by atoms with Crippen LogP contribution in [0.5, 0.6) is 5.75 Å². The molecule has 0 saturated carbocycles. The maximum absolute atomic E-state index is 12.0. The Labute approximate surface area is 129 Å². The molecular formula is C17H19NO4. The van der Waals surface area contributed by atoms with Crippen molar-refractivity contribution in [3.8, 4) is 5.75 Å². The predicted octanol–water partition coefficient (Wildman–Crippen LogP) is 2.35. The smallest absolute Gasteiger partial charge is 0.339 e. The Bertz CT molecular complexity index is 703. The number of nitrogens with zero attached hydrogens (tertiary/aromatic N) is 1. The largest absolute Gasteiger partial charge is 0.497 e. The molecule has 1 aromatic carbocycles. The summed E-state index contributed by atoms with van der Waals surface area (Å²) >= 11 is 0. The molecule has 1 heterocycles. The van der Waals surface area contributed by atoms with E-state index in [2.05, 4.69) is 0 Å². The number of pyridine rings is 1. The number of aromatic nitrogens is 1. The van der Waals surface area contributed by atoms with Gasteiger partial charge in [0.2, 0.25) is 5.56 Å². The van der Waals surface area contributed by atoms with E-state index in [-0.39, 0.29) is 18.1 Å². The Morgan fingerprint density at radius 2 is 1.86 bits per heavy atom. The van der Waals surface area contributed by atoms with Crippen molar-refractivity contribution < 1.29 is 14.3 Å². The fourth-order valence-electron chi connectivity index (χ4n) is 2.03. The lowest BCUT2D eigenvalue weighted by Crippen LogP contribution is -2.18. The SMILES string of the molecule is COc1ccc([C@H](C)COC(=O)c2ccc(=O)n(C)c2)cc1. The van der Waals surface area contributed by atoms with Crippen LogP contribution in [0.3, 0.4) is 0 Å². The molecule has 1 aromatic heterocycles. The molecule has 5 nitrogen and oxygen atoms in total. The minimum absolute atomic E-state index is 0.0717. The second kappa shape index (κ2) is 6.93. The van der Waals surface area contributed by atoms with E-state index in [0.29, 0.717) is 5.56 Å². The molecule has 2 rings (SSSR count). The average Bonchev–Trinajstić information content (AvgIpc) is 2.54. The van der Waals surface area contributed by atoms with Crippen LogP contribution in [0.15, 0.2) is 47.4 Å². The summed E-state index contributed by atoms with van der Waals surface area (Å²) in [5.74, 6) is 0.427. The molecule has 0 radical (unpaired) electrons. The molecule has 0 spiro atoms. The van der Waals surface area contributed by atoms with Gasteiger partial charge in [0.1, 0.15) is 5.75 Å². The second-order valence-electron chi connectivity index (χ2n) is 5.14. The van der Waals surface area contributed by atoms with E-state index in [9.17, 15) is 9.59 Å². The summed E-state index contributed by atoms with van der Waals surface area (Å²) < 4.78 is 11.8. The molecule has 5 heteroatoms. The Morgan fingerprint density at radius 1 is 1.18 bits per heavy atom. The number of hydrogen-bond donors (Lipinski definition) is 0. The average molecular weight is 301 g/mol. The zero-order chi connectivity index (χ0) is 16.1. The van der Waals surface area contributed by atoms with Crippen molar-refractivity contribution >= 4 is 5.97 Å². The molecule has 1 atom stereocenters. The molecule has 0 N–H and O–H groups in total. The van der Waals surface area contributed by atoms with Crippen LogP contribution in [0, 0.1) is 0 Å². The fourth-order valence-corrected chi connectivity index (χ4v) is 2.03. The highest BCUT2D eigenvalue weighted by molar-refractivity contribution is 5.88. The number of rotatable bonds is 5. The monoisotopic (exact) mass is 301 g/mol. The molecule has 0 unspecified atom stereocenters. The van der Waals surface area contributed by atoms with Gasteiger partial charge in [0.15, 0.2) is 0 Å². The van der Waals surface area contributed by atoms with Crippen molar-refractivity contribution in [3.05, 3.63) is 64.1 Å². The Hall–Kier alpha value is -2.56. The van der Waals surface area contributed by atoms with Crippen LogP contribution in [0.1, 0.15) is 28.8 Å². The van der Waals surface area contributed by atoms with Gasteiger partial charge in [-0.15, -0.1) is 0 Å². The molecule has 22 heavy (non-hydrogen) atoms. The van der Waals surface area contributed by atoms with Gasteiger partial charge in [0.05, 0.1) is 19.3 Å². The molecule has 0 aliphatic rings. The van der Waals surface area contributed by atoms with E-state index in [1.807, 2.05) is 31.2 Å². The number of hydrogen-bond acceptors (Lipinski definition) is 4. The van der Waals surface area contributed by atoms with E-state index in [4.69, 9.17) is 9.47 Å². The Balaban J connectivity index is 1.97. The topological polar surface area (TPSA) is 57.5 Å². The van der Waals surface area contributed by atoms with Crippen LogP contribution in [0.2, 0.25) is 0 Å². The van der Waals surface area contributed by atoms with Crippen molar-refractivity contribution in [2.24, 2.45) is 7.05 Å². The first-order valence-corrected chi connectivity index (χ1v) is 6.99. The van der Waals surface area contributed by atoms with Gasteiger partial charge < -0.3 is 14.0 Å². The summed E-state index contributed by atoms with van der Waals surface area (Å²) in [4.78, 5) is 23.3. The molecule has 0 bridgehead atoms. The molecule has 116 valence electrons. The molecule has 0 amide bonds. The van der Waals surface area contributed by atoms with Crippen molar-refractivity contribution in [1.82, 2.24) is 4.57 Å². The highest BCUT2D eigenvalue weighted by Gasteiger charge is 2.12. The number of ether oxygens (including phenoxy) is 2. The maximum atomic E-state index is 12.0. The number of esters is 1. The van der Waals surface area contributed by atoms with Crippen LogP contribution in [-0.4, -0.2) is 24.3 Å². The van der Waals surface area contributed by atoms with Gasteiger partial charge in [-0.3, -0.25) is 4.79 Å². The van der Waals surface area contributed by atoms with Gasteiger partial charge in [-0.2, -0.15) is 0 Å². The standard InChI is InChI=1S/C17H19NO4/c1-12(13-4-7-15(21-3)8-5-13)11-22-17(20)14-6-9-16(19)18(2)10-14/h4-10,12H,11H2,1-3H3/t12-/m1/s1. The molecule has 0 saturated heterocycles. The van der Waals surface area contributed by atoms with E-state index in [1.165, 1.54) is 22.9 Å². The van der Waals surface area contributed by atoms with Gasteiger partial charge in [0.25, 0.3) is 0 Å². The second-order valence-corrected chi connectivity index (χ2v) is 5.14. The van der Waals surface area contributed by atoms with E-state index >= 15 is 0 Å². The fraction of sp³-hybridized carbons (Fsp3) is 0.294.